The average molecular weight is 432 g/mol. The molecule has 5 nitrogen and oxygen atoms in total. The molecule has 1 amide bonds. The predicted molar refractivity (Wildman–Crippen MR) is 119 cm³/mol. The molecule has 0 aliphatic heterocycles. The van der Waals surface area contributed by atoms with Crippen molar-refractivity contribution in [3.8, 4) is 5.75 Å². The minimum atomic E-state index is -0.739. The molecule has 2 atom stereocenters. The van der Waals surface area contributed by atoms with Gasteiger partial charge < -0.3 is 14.4 Å². The van der Waals surface area contributed by atoms with Crippen molar-refractivity contribution in [3.63, 3.8) is 0 Å². The zero-order chi connectivity index (χ0) is 21.9. The van der Waals surface area contributed by atoms with Crippen molar-refractivity contribution in [1.82, 2.24) is 4.90 Å². The van der Waals surface area contributed by atoms with Gasteiger partial charge in [-0.15, -0.1) is 11.6 Å². The highest BCUT2D eigenvalue weighted by Crippen LogP contribution is 2.19. The lowest BCUT2D eigenvalue weighted by Gasteiger charge is -2.32. The van der Waals surface area contributed by atoms with Gasteiger partial charge in [-0.05, 0) is 43.5 Å². The van der Waals surface area contributed by atoms with Crippen LogP contribution in [0.1, 0.15) is 31.4 Å². The number of Topliss-reactive ketones (excluding diaryl/α,β-unsaturated/α-hetero) is 1. The lowest BCUT2D eigenvalue weighted by Crippen LogP contribution is -2.45. The average Bonchev–Trinajstić information content (AvgIpc) is 2.76. The van der Waals surface area contributed by atoms with Crippen molar-refractivity contribution in [3.05, 3.63) is 65.7 Å². The van der Waals surface area contributed by atoms with Crippen molar-refractivity contribution < 1.29 is 19.1 Å². The molecule has 0 spiro atoms. The molecule has 0 fully saturated rings. The lowest BCUT2D eigenvalue weighted by molar-refractivity contribution is -0.144. The molecule has 30 heavy (non-hydrogen) atoms. The van der Waals surface area contributed by atoms with E-state index in [-0.39, 0.29) is 23.6 Å². The molecule has 0 bridgehead atoms. The summed E-state index contributed by atoms with van der Waals surface area (Å²) in [6.07, 6.45) is 0.326. The Morgan fingerprint density at radius 3 is 2.27 bits per heavy atom. The molecule has 0 aromatic heterocycles. The Bertz CT molecular complexity index is 795. The first-order valence-corrected chi connectivity index (χ1v) is 10.6. The number of carbonyl (C=O) groups is 2. The minimum absolute atomic E-state index is 0.169. The normalized spacial score (nSPS) is 12.8. The second-order valence-electron chi connectivity index (χ2n) is 7.30. The Balaban J connectivity index is 2.13. The van der Waals surface area contributed by atoms with Gasteiger partial charge in [0, 0.05) is 12.4 Å². The maximum absolute atomic E-state index is 13.2. The number of nitrogens with zero attached hydrogens (tertiary/aromatic N) is 1. The number of benzene rings is 2. The number of hydrogen-bond acceptors (Lipinski definition) is 4. The zero-order valence-corrected chi connectivity index (χ0v) is 18.6. The van der Waals surface area contributed by atoms with E-state index in [4.69, 9.17) is 21.1 Å². The number of ketones is 1. The molecule has 2 aromatic rings. The summed E-state index contributed by atoms with van der Waals surface area (Å²) in [5.74, 6) is -0.116. The van der Waals surface area contributed by atoms with E-state index in [0.717, 1.165) is 16.9 Å². The summed E-state index contributed by atoms with van der Waals surface area (Å²) in [5.41, 5.74) is 2.02. The van der Waals surface area contributed by atoms with Crippen molar-refractivity contribution in [2.24, 2.45) is 5.92 Å². The van der Waals surface area contributed by atoms with E-state index in [1.54, 1.807) is 12.0 Å². The molecule has 2 rings (SSSR count). The fourth-order valence-corrected chi connectivity index (χ4v) is 3.42. The van der Waals surface area contributed by atoms with Gasteiger partial charge in [0.05, 0.1) is 32.3 Å². The Hall–Kier alpha value is -2.37. The molecule has 0 radical (unpaired) electrons. The first kappa shape index (κ1) is 23.9. The number of rotatable bonds is 12. The Labute approximate surface area is 183 Å². The van der Waals surface area contributed by atoms with E-state index in [1.807, 2.05) is 61.5 Å². The highest BCUT2D eigenvalue weighted by Gasteiger charge is 2.30. The molecule has 0 aliphatic carbocycles. The quantitative estimate of drug-likeness (QED) is 0.367. The van der Waals surface area contributed by atoms with Crippen LogP contribution in [-0.4, -0.2) is 42.2 Å². The highest BCUT2D eigenvalue weighted by molar-refractivity contribution is 6.18. The zero-order valence-electron chi connectivity index (χ0n) is 17.8. The van der Waals surface area contributed by atoms with Crippen LogP contribution in [-0.2, 0) is 27.5 Å². The van der Waals surface area contributed by atoms with Crippen LogP contribution in [0.25, 0.3) is 0 Å². The van der Waals surface area contributed by atoms with Crippen LogP contribution in [0.4, 0.5) is 0 Å². The van der Waals surface area contributed by atoms with Crippen molar-refractivity contribution >= 4 is 23.3 Å². The second kappa shape index (κ2) is 12.4. The summed E-state index contributed by atoms with van der Waals surface area (Å²) < 4.78 is 11.1. The number of carbonyl (C=O) groups excluding carboxylic acids is 2. The maximum Gasteiger partial charge on any atom is 0.233 e. The van der Waals surface area contributed by atoms with Crippen LogP contribution in [0.5, 0.6) is 5.75 Å². The summed E-state index contributed by atoms with van der Waals surface area (Å²) in [4.78, 5) is 27.0. The van der Waals surface area contributed by atoms with E-state index in [2.05, 4.69) is 0 Å². The van der Waals surface area contributed by atoms with Crippen LogP contribution in [0.2, 0.25) is 0 Å². The lowest BCUT2D eigenvalue weighted by atomic mass is 9.99. The third-order valence-electron chi connectivity index (χ3n) is 4.98. The number of ether oxygens (including phenoxy) is 2. The van der Waals surface area contributed by atoms with E-state index in [0.29, 0.717) is 26.2 Å². The van der Waals surface area contributed by atoms with Gasteiger partial charge in [0.15, 0.2) is 0 Å². The first-order valence-electron chi connectivity index (χ1n) is 10.1. The molecule has 0 heterocycles. The molecule has 6 heteroatoms. The number of halogens is 1. The van der Waals surface area contributed by atoms with E-state index >= 15 is 0 Å². The largest absolute Gasteiger partial charge is 0.497 e. The van der Waals surface area contributed by atoms with Crippen LogP contribution >= 0.6 is 11.6 Å². The Morgan fingerprint density at radius 1 is 1.03 bits per heavy atom. The molecule has 0 saturated heterocycles. The summed E-state index contributed by atoms with van der Waals surface area (Å²) in [7, 11) is 1.61. The van der Waals surface area contributed by atoms with E-state index in [1.165, 1.54) is 6.92 Å². The van der Waals surface area contributed by atoms with E-state index < -0.39 is 5.92 Å². The molecule has 0 aliphatic rings. The second-order valence-corrected chi connectivity index (χ2v) is 7.68. The fraction of sp³-hybridized carbons (Fsp3) is 0.417. The molecular formula is C24H30ClNO4. The highest BCUT2D eigenvalue weighted by atomic mass is 35.5. The Kier molecular flexibility index (Phi) is 9.84. The third kappa shape index (κ3) is 7.15. The number of amides is 1. The van der Waals surface area contributed by atoms with Crippen molar-refractivity contribution in [1.29, 1.82) is 0 Å². The number of hydrogen-bond donors (Lipinski definition) is 0. The summed E-state index contributed by atoms with van der Waals surface area (Å²) in [6.45, 7) is 4.59. The smallest absolute Gasteiger partial charge is 0.233 e. The van der Waals surface area contributed by atoms with Gasteiger partial charge in [-0.25, -0.2) is 0 Å². The molecular weight excluding hydrogens is 402 g/mol. The van der Waals surface area contributed by atoms with Crippen LogP contribution in [0.15, 0.2) is 54.6 Å². The van der Waals surface area contributed by atoms with Gasteiger partial charge in [0.1, 0.15) is 11.5 Å². The number of methoxy groups -OCH3 is 1. The molecule has 162 valence electrons. The standard InChI is InChI=1S/C24H30ClNO4/c1-18(16-30-17-21-7-5-4-6-8-21)26(24(28)23(13-14-25)19(2)27)15-20-9-11-22(29-3)12-10-20/h4-12,18,23H,13-17H2,1-3H3/t18-,23+/m1/s1. The molecule has 0 saturated carbocycles. The topological polar surface area (TPSA) is 55.8 Å². The number of alkyl halides is 1. The first-order chi connectivity index (χ1) is 14.5. The van der Waals surface area contributed by atoms with Crippen molar-refractivity contribution in [2.45, 2.75) is 39.5 Å². The predicted octanol–water partition coefficient (Wildman–Crippen LogP) is 4.46. The monoisotopic (exact) mass is 431 g/mol. The van der Waals surface area contributed by atoms with Crippen LogP contribution in [0, 0.1) is 5.92 Å². The van der Waals surface area contributed by atoms with Gasteiger partial charge in [-0.1, -0.05) is 42.5 Å². The fourth-order valence-electron chi connectivity index (χ4n) is 3.20. The SMILES string of the molecule is COc1ccc(CN(C(=O)[C@@H](CCCl)C(C)=O)[C@H](C)COCc2ccccc2)cc1. The molecule has 0 N–H and O–H groups in total. The summed E-state index contributed by atoms with van der Waals surface area (Å²) in [6, 6.07) is 17.2. The van der Waals surface area contributed by atoms with Gasteiger partial charge in [-0.2, -0.15) is 0 Å². The molecule has 0 unspecified atom stereocenters. The Morgan fingerprint density at radius 2 is 1.70 bits per heavy atom. The summed E-state index contributed by atoms with van der Waals surface area (Å²) in [5, 5.41) is 0. The maximum atomic E-state index is 13.2. The van der Waals surface area contributed by atoms with Gasteiger partial charge in [0.25, 0.3) is 0 Å². The minimum Gasteiger partial charge on any atom is -0.497 e. The van der Waals surface area contributed by atoms with Crippen LogP contribution in [0.3, 0.4) is 0 Å². The van der Waals surface area contributed by atoms with Gasteiger partial charge in [-0.3, -0.25) is 9.59 Å². The molecule has 2 aromatic carbocycles. The van der Waals surface area contributed by atoms with Crippen molar-refractivity contribution in [2.75, 3.05) is 19.6 Å². The van der Waals surface area contributed by atoms with Gasteiger partial charge >= 0.3 is 0 Å². The summed E-state index contributed by atoms with van der Waals surface area (Å²) >= 11 is 5.85. The third-order valence-corrected chi connectivity index (χ3v) is 5.20. The van der Waals surface area contributed by atoms with Crippen LogP contribution < -0.4 is 4.74 Å². The van der Waals surface area contributed by atoms with E-state index in [9.17, 15) is 9.59 Å². The van der Waals surface area contributed by atoms with Gasteiger partial charge in [0.2, 0.25) is 5.91 Å².